The lowest BCUT2D eigenvalue weighted by Gasteiger charge is -2.35. The molecule has 4 nitrogen and oxygen atoms in total. The van der Waals surface area contributed by atoms with Crippen LogP contribution in [-0.4, -0.2) is 28.6 Å². The molecule has 0 aliphatic carbocycles. The number of amides is 1. The Morgan fingerprint density at radius 3 is 2.91 bits per heavy atom. The van der Waals surface area contributed by atoms with E-state index in [1.54, 1.807) is 13.0 Å². The van der Waals surface area contributed by atoms with E-state index < -0.39 is 0 Å². The maximum Gasteiger partial charge on any atom is 0.259 e. The zero-order valence-electron chi connectivity index (χ0n) is 13.5. The fraction of sp³-hybridized carbons (Fsp3) is 0.444. The summed E-state index contributed by atoms with van der Waals surface area (Å²) in [4.78, 5) is 15.1. The Labute approximate surface area is 141 Å². The second-order valence-corrected chi connectivity index (χ2v) is 6.41. The first kappa shape index (κ1) is 16.1. The van der Waals surface area contributed by atoms with E-state index in [0.29, 0.717) is 28.1 Å². The Hall–Kier alpha value is -1.81. The maximum atomic E-state index is 13.1. The summed E-state index contributed by atoms with van der Waals surface area (Å²) >= 11 is 6.28. The molecular formula is C18H21ClN2O2. The van der Waals surface area contributed by atoms with Gasteiger partial charge in [-0.1, -0.05) is 41.9 Å². The standard InChI is InChI=1S/C18H21ClN2O2/c1-3-13-8-6-7-11-21(13)18(22)16-12(2)23-20-17(16)14-9-4-5-10-15(14)19/h4-5,9-10,13H,3,6-8,11H2,1-2H3. The van der Waals surface area contributed by atoms with Gasteiger partial charge < -0.3 is 9.42 Å². The lowest BCUT2D eigenvalue weighted by Crippen LogP contribution is -2.43. The van der Waals surface area contributed by atoms with Crippen LogP contribution in [0.5, 0.6) is 0 Å². The molecule has 3 rings (SSSR count). The van der Waals surface area contributed by atoms with E-state index in [1.807, 2.05) is 23.1 Å². The minimum absolute atomic E-state index is 0.00483. The van der Waals surface area contributed by atoms with Crippen molar-refractivity contribution in [1.82, 2.24) is 10.1 Å². The number of aryl methyl sites for hydroxylation is 1. The van der Waals surface area contributed by atoms with Gasteiger partial charge in [0, 0.05) is 18.2 Å². The Morgan fingerprint density at radius 2 is 2.17 bits per heavy atom. The van der Waals surface area contributed by atoms with Crippen LogP contribution >= 0.6 is 11.6 Å². The highest BCUT2D eigenvalue weighted by Gasteiger charge is 2.31. The van der Waals surface area contributed by atoms with E-state index in [-0.39, 0.29) is 5.91 Å². The van der Waals surface area contributed by atoms with Crippen molar-refractivity contribution < 1.29 is 9.32 Å². The summed E-state index contributed by atoms with van der Waals surface area (Å²) in [6, 6.07) is 7.70. The van der Waals surface area contributed by atoms with Gasteiger partial charge in [-0.2, -0.15) is 0 Å². The fourth-order valence-electron chi connectivity index (χ4n) is 3.30. The molecule has 0 radical (unpaired) electrons. The van der Waals surface area contributed by atoms with E-state index in [9.17, 15) is 4.79 Å². The van der Waals surface area contributed by atoms with Crippen LogP contribution in [0.1, 0.15) is 48.7 Å². The lowest BCUT2D eigenvalue weighted by atomic mass is 9.97. The highest BCUT2D eigenvalue weighted by Crippen LogP contribution is 2.33. The minimum Gasteiger partial charge on any atom is -0.360 e. The molecule has 1 atom stereocenters. The van der Waals surface area contributed by atoms with Crippen molar-refractivity contribution in [2.75, 3.05) is 6.54 Å². The van der Waals surface area contributed by atoms with Crippen LogP contribution in [0.25, 0.3) is 11.3 Å². The molecule has 5 heteroatoms. The average molecular weight is 333 g/mol. The number of hydrogen-bond donors (Lipinski definition) is 0. The van der Waals surface area contributed by atoms with Gasteiger partial charge in [-0.25, -0.2) is 0 Å². The van der Waals surface area contributed by atoms with Gasteiger partial charge >= 0.3 is 0 Å². The molecule has 1 aliphatic heterocycles. The summed E-state index contributed by atoms with van der Waals surface area (Å²) in [5, 5.41) is 4.68. The Morgan fingerprint density at radius 1 is 1.39 bits per heavy atom. The molecule has 2 heterocycles. The number of carbonyl (C=O) groups excluding carboxylic acids is 1. The van der Waals surface area contributed by atoms with Crippen molar-refractivity contribution in [1.29, 1.82) is 0 Å². The smallest absolute Gasteiger partial charge is 0.259 e. The molecule has 1 unspecified atom stereocenters. The first-order valence-corrected chi connectivity index (χ1v) is 8.53. The lowest BCUT2D eigenvalue weighted by molar-refractivity contribution is 0.0607. The summed E-state index contributed by atoms with van der Waals surface area (Å²) in [6.45, 7) is 4.71. The number of rotatable bonds is 3. The van der Waals surface area contributed by atoms with E-state index >= 15 is 0 Å². The Balaban J connectivity index is 2.01. The monoisotopic (exact) mass is 332 g/mol. The normalized spacial score (nSPS) is 18.2. The van der Waals surface area contributed by atoms with E-state index in [4.69, 9.17) is 16.1 Å². The van der Waals surface area contributed by atoms with Gasteiger partial charge in [-0.3, -0.25) is 4.79 Å². The van der Waals surface area contributed by atoms with Gasteiger partial charge in [0.2, 0.25) is 0 Å². The van der Waals surface area contributed by atoms with E-state index in [0.717, 1.165) is 31.4 Å². The van der Waals surface area contributed by atoms with Crippen LogP contribution in [0, 0.1) is 6.92 Å². The highest BCUT2D eigenvalue weighted by atomic mass is 35.5. The largest absolute Gasteiger partial charge is 0.360 e. The van der Waals surface area contributed by atoms with Gasteiger partial charge in [-0.15, -0.1) is 0 Å². The second-order valence-electron chi connectivity index (χ2n) is 6.00. The molecule has 1 aromatic carbocycles. The fourth-order valence-corrected chi connectivity index (χ4v) is 3.52. The van der Waals surface area contributed by atoms with Crippen LogP contribution in [0.3, 0.4) is 0 Å². The van der Waals surface area contributed by atoms with Gasteiger partial charge in [0.1, 0.15) is 17.0 Å². The number of benzene rings is 1. The second kappa shape index (κ2) is 6.75. The molecule has 1 aromatic heterocycles. The Kier molecular flexibility index (Phi) is 4.71. The first-order chi connectivity index (χ1) is 11.1. The molecule has 1 saturated heterocycles. The average Bonchev–Trinajstić information content (AvgIpc) is 2.96. The van der Waals surface area contributed by atoms with Gasteiger partial charge in [0.05, 0.1) is 5.02 Å². The zero-order valence-corrected chi connectivity index (χ0v) is 14.3. The highest BCUT2D eigenvalue weighted by molar-refractivity contribution is 6.33. The SMILES string of the molecule is CCC1CCCCN1C(=O)c1c(-c2ccccc2Cl)noc1C. The summed E-state index contributed by atoms with van der Waals surface area (Å²) in [6.07, 6.45) is 4.27. The van der Waals surface area contributed by atoms with Crippen molar-refractivity contribution >= 4 is 17.5 Å². The molecule has 2 aromatic rings. The van der Waals surface area contributed by atoms with Crippen LogP contribution in [0.4, 0.5) is 0 Å². The summed E-state index contributed by atoms with van der Waals surface area (Å²) in [5.74, 6) is 0.551. The molecule has 0 spiro atoms. The van der Waals surface area contributed by atoms with Crippen molar-refractivity contribution in [2.24, 2.45) is 0 Å². The molecule has 1 aliphatic rings. The third kappa shape index (κ3) is 3.00. The third-order valence-electron chi connectivity index (χ3n) is 4.56. The van der Waals surface area contributed by atoms with Crippen molar-refractivity contribution in [3.8, 4) is 11.3 Å². The molecule has 23 heavy (non-hydrogen) atoms. The molecular weight excluding hydrogens is 312 g/mol. The first-order valence-electron chi connectivity index (χ1n) is 8.15. The van der Waals surface area contributed by atoms with Crippen LogP contribution in [0.15, 0.2) is 28.8 Å². The molecule has 122 valence electrons. The van der Waals surface area contributed by atoms with Crippen molar-refractivity contribution in [2.45, 2.75) is 45.6 Å². The van der Waals surface area contributed by atoms with Crippen LogP contribution in [-0.2, 0) is 0 Å². The quantitative estimate of drug-likeness (QED) is 0.817. The summed E-state index contributed by atoms with van der Waals surface area (Å²) < 4.78 is 5.33. The predicted octanol–water partition coefficient (Wildman–Crippen LogP) is 4.71. The minimum atomic E-state index is 0.00483. The topological polar surface area (TPSA) is 46.3 Å². The number of piperidine rings is 1. The van der Waals surface area contributed by atoms with Crippen molar-refractivity contribution in [3.63, 3.8) is 0 Å². The van der Waals surface area contributed by atoms with E-state index in [1.165, 1.54) is 6.42 Å². The van der Waals surface area contributed by atoms with Crippen LogP contribution in [0.2, 0.25) is 5.02 Å². The number of carbonyl (C=O) groups is 1. The number of likely N-dealkylation sites (tertiary alicyclic amines) is 1. The maximum absolute atomic E-state index is 13.1. The number of halogens is 1. The van der Waals surface area contributed by atoms with Gasteiger partial charge in [0.25, 0.3) is 5.91 Å². The van der Waals surface area contributed by atoms with Crippen molar-refractivity contribution in [3.05, 3.63) is 40.6 Å². The predicted molar refractivity (Wildman–Crippen MR) is 90.7 cm³/mol. The third-order valence-corrected chi connectivity index (χ3v) is 4.89. The molecule has 0 saturated carbocycles. The number of nitrogens with zero attached hydrogens (tertiary/aromatic N) is 2. The molecule has 0 N–H and O–H groups in total. The number of aromatic nitrogens is 1. The molecule has 0 bridgehead atoms. The summed E-state index contributed by atoms with van der Waals surface area (Å²) in [5.41, 5.74) is 1.82. The van der Waals surface area contributed by atoms with Gasteiger partial charge in [-0.05, 0) is 38.7 Å². The molecule has 1 fully saturated rings. The van der Waals surface area contributed by atoms with Gasteiger partial charge in [0.15, 0.2) is 0 Å². The summed E-state index contributed by atoms with van der Waals surface area (Å²) in [7, 11) is 0. The Bertz CT molecular complexity index is 711. The van der Waals surface area contributed by atoms with E-state index in [2.05, 4.69) is 12.1 Å². The zero-order chi connectivity index (χ0) is 16.4. The number of hydrogen-bond acceptors (Lipinski definition) is 3. The molecule has 1 amide bonds. The van der Waals surface area contributed by atoms with Crippen LogP contribution < -0.4 is 0 Å².